The molecule has 8 nitrogen and oxygen atoms in total. The molecule has 2 N–H and O–H groups in total. The van der Waals surface area contributed by atoms with Crippen molar-refractivity contribution in [2.45, 2.75) is 50.0 Å². The Balaban J connectivity index is 1.27. The Morgan fingerprint density at radius 2 is 2.03 bits per heavy atom. The molecule has 0 saturated carbocycles. The first kappa shape index (κ1) is 25.9. The van der Waals surface area contributed by atoms with Gasteiger partial charge in [0.05, 0.1) is 24.9 Å². The molecule has 0 spiro atoms. The van der Waals surface area contributed by atoms with E-state index in [2.05, 4.69) is 20.3 Å². The van der Waals surface area contributed by atoms with E-state index in [1.54, 1.807) is 12.3 Å². The number of piperidine rings is 1. The van der Waals surface area contributed by atoms with Gasteiger partial charge < -0.3 is 15.2 Å². The minimum Gasteiger partial charge on any atom is -0.389 e. The summed E-state index contributed by atoms with van der Waals surface area (Å²) in [5.41, 5.74) is -0.412. The lowest BCUT2D eigenvalue weighted by atomic mass is 9.85. The summed E-state index contributed by atoms with van der Waals surface area (Å²) < 4.78 is 44.6. The van der Waals surface area contributed by atoms with Crippen LogP contribution in [0.5, 0.6) is 0 Å². The van der Waals surface area contributed by atoms with Crippen LogP contribution < -0.4 is 5.32 Å². The third-order valence-corrected chi connectivity index (χ3v) is 7.71. The number of carbonyl (C=O) groups is 1. The summed E-state index contributed by atoms with van der Waals surface area (Å²) in [6, 6.07) is 6.41. The highest BCUT2D eigenvalue weighted by Gasteiger charge is 2.45. The normalized spacial score (nSPS) is 23.6. The fourth-order valence-electron chi connectivity index (χ4n) is 5.15. The van der Waals surface area contributed by atoms with Crippen molar-refractivity contribution in [2.24, 2.45) is 0 Å². The van der Waals surface area contributed by atoms with E-state index < -0.39 is 23.9 Å². The van der Waals surface area contributed by atoms with E-state index in [9.17, 15) is 23.1 Å². The number of anilines is 1. The van der Waals surface area contributed by atoms with Crippen molar-refractivity contribution in [1.29, 1.82) is 0 Å². The van der Waals surface area contributed by atoms with Crippen LogP contribution in [0.3, 0.4) is 0 Å². The largest absolute Gasteiger partial charge is 0.435 e. The maximum atomic E-state index is 12.7. The van der Waals surface area contributed by atoms with Gasteiger partial charge in [0, 0.05) is 22.8 Å². The van der Waals surface area contributed by atoms with Crippen LogP contribution >= 0.6 is 11.6 Å². The van der Waals surface area contributed by atoms with Crippen molar-refractivity contribution in [3.05, 3.63) is 52.9 Å². The van der Waals surface area contributed by atoms with Crippen LogP contribution in [0.2, 0.25) is 5.02 Å². The van der Waals surface area contributed by atoms with E-state index in [1.807, 2.05) is 19.1 Å². The molecule has 2 aliphatic rings. The zero-order valence-electron chi connectivity index (χ0n) is 20.1. The molecule has 1 aromatic carbocycles. The number of pyridine rings is 1. The number of aliphatic hydroxyl groups excluding tert-OH is 1. The SMILES string of the molecule is CC1(N2CCC(c3cc4cc(NC(=O)Cn5ccc(C(F)(F)F)n5)ncc4cc3Cl)CC2)COCC1O. The average Bonchev–Trinajstić information content (AvgIpc) is 3.46. The molecule has 0 radical (unpaired) electrons. The van der Waals surface area contributed by atoms with Gasteiger partial charge in [0.25, 0.3) is 0 Å². The van der Waals surface area contributed by atoms with Crippen molar-refractivity contribution in [2.75, 3.05) is 31.6 Å². The second-order valence-electron chi connectivity index (χ2n) is 9.88. The van der Waals surface area contributed by atoms with Gasteiger partial charge in [-0.3, -0.25) is 14.4 Å². The first-order valence-electron chi connectivity index (χ1n) is 12.0. The van der Waals surface area contributed by atoms with Crippen LogP contribution in [0.25, 0.3) is 10.8 Å². The standard InChI is InChI=1S/C25H27ClF3N5O3/c1-24(14-37-13-21(24)35)33-5-2-15(3-6-33)18-8-16-10-22(30-11-17(16)9-19(18)26)31-23(36)12-34-7-4-20(32-34)25(27,28)29/h4,7-11,15,21,35H,2-3,5-6,12-14H2,1H3,(H,30,31,36). The number of amides is 1. The van der Waals surface area contributed by atoms with Gasteiger partial charge in [0.2, 0.25) is 5.91 Å². The van der Waals surface area contributed by atoms with Gasteiger partial charge in [0.15, 0.2) is 5.69 Å². The van der Waals surface area contributed by atoms with Gasteiger partial charge in [-0.2, -0.15) is 18.3 Å². The zero-order chi connectivity index (χ0) is 26.4. The summed E-state index contributed by atoms with van der Waals surface area (Å²) in [4.78, 5) is 18.9. The molecule has 3 aromatic rings. The van der Waals surface area contributed by atoms with Crippen molar-refractivity contribution in [3.63, 3.8) is 0 Å². The monoisotopic (exact) mass is 537 g/mol. The first-order chi connectivity index (χ1) is 17.5. The predicted octanol–water partition coefficient (Wildman–Crippen LogP) is 4.07. The van der Waals surface area contributed by atoms with Crippen molar-refractivity contribution in [3.8, 4) is 0 Å². The second-order valence-corrected chi connectivity index (χ2v) is 10.3. The highest BCUT2D eigenvalue weighted by Crippen LogP contribution is 2.38. The maximum Gasteiger partial charge on any atom is 0.435 e. The number of ether oxygens (including phenoxy) is 1. The lowest BCUT2D eigenvalue weighted by molar-refractivity contribution is -0.141. The van der Waals surface area contributed by atoms with Gasteiger partial charge in [-0.05, 0) is 74.0 Å². The van der Waals surface area contributed by atoms with Gasteiger partial charge >= 0.3 is 6.18 Å². The molecule has 0 bridgehead atoms. The molecular formula is C25H27ClF3N5O3. The number of carbonyl (C=O) groups excluding carboxylic acids is 1. The van der Waals surface area contributed by atoms with Crippen LogP contribution in [0.4, 0.5) is 19.0 Å². The molecule has 2 fully saturated rings. The molecule has 2 atom stereocenters. The fraction of sp³-hybridized carbons (Fsp3) is 0.480. The molecule has 198 valence electrons. The summed E-state index contributed by atoms with van der Waals surface area (Å²) in [5.74, 6) is -0.0196. The summed E-state index contributed by atoms with van der Waals surface area (Å²) in [7, 11) is 0. The number of rotatable bonds is 5. The Morgan fingerprint density at radius 3 is 2.68 bits per heavy atom. The van der Waals surface area contributed by atoms with Gasteiger partial charge in [0.1, 0.15) is 12.4 Å². The fourth-order valence-corrected chi connectivity index (χ4v) is 5.48. The average molecular weight is 538 g/mol. The highest BCUT2D eigenvalue weighted by atomic mass is 35.5. The number of likely N-dealkylation sites (tertiary alicyclic amines) is 1. The molecule has 0 aliphatic carbocycles. The Hall–Kier alpha value is -2.73. The predicted molar refractivity (Wildman–Crippen MR) is 131 cm³/mol. The topological polar surface area (TPSA) is 92.5 Å². The molecule has 12 heteroatoms. The van der Waals surface area contributed by atoms with Crippen LogP contribution in [0.1, 0.15) is 36.9 Å². The number of nitrogens with zero attached hydrogens (tertiary/aromatic N) is 4. The molecular weight excluding hydrogens is 511 g/mol. The molecule has 37 heavy (non-hydrogen) atoms. The number of aromatic nitrogens is 3. The summed E-state index contributed by atoms with van der Waals surface area (Å²) in [6.07, 6.45) is -0.605. The molecule has 2 saturated heterocycles. The van der Waals surface area contributed by atoms with E-state index in [-0.39, 0.29) is 23.8 Å². The lowest BCUT2D eigenvalue weighted by Crippen LogP contribution is -2.56. The zero-order valence-corrected chi connectivity index (χ0v) is 20.9. The Labute approximate surface area is 216 Å². The van der Waals surface area contributed by atoms with E-state index >= 15 is 0 Å². The molecule has 2 aromatic heterocycles. The van der Waals surface area contributed by atoms with Gasteiger partial charge in [-0.1, -0.05) is 11.6 Å². The Kier molecular flexibility index (Phi) is 6.90. The first-order valence-corrected chi connectivity index (χ1v) is 12.4. The minimum absolute atomic E-state index is 0.241. The van der Waals surface area contributed by atoms with Crippen LogP contribution in [0, 0.1) is 0 Å². The number of halogens is 4. The summed E-state index contributed by atoms with van der Waals surface area (Å²) in [6.45, 7) is 4.17. The minimum atomic E-state index is -4.57. The third-order valence-electron chi connectivity index (χ3n) is 7.39. The number of fused-ring (bicyclic) bond motifs is 1. The molecule has 5 rings (SSSR count). The van der Waals surface area contributed by atoms with Crippen LogP contribution in [-0.2, 0) is 22.3 Å². The number of hydrogen-bond donors (Lipinski definition) is 2. The lowest BCUT2D eigenvalue weighted by Gasteiger charge is -2.43. The summed E-state index contributed by atoms with van der Waals surface area (Å²) in [5, 5.41) is 18.7. The van der Waals surface area contributed by atoms with Crippen molar-refractivity contribution >= 4 is 34.1 Å². The van der Waals surface area contributed by atoms with E-state index in [0.29, 0.717) is 18.2 Å². The van der Waals surface area contributed by atoms with Crippen LogP contribution in [0.15, 0.2) is 36.7 Å². The van der Waals surface area contributed by atoms with E-state index in [0.717, 1.165) is 59.2 Å². The van der Waals surface area contributed by atoms with Crippen molar-refractivity contribution < 1.29 is 27.8 Å². The van der Waals surface area contributed by atoms with Gasteiger partial charge in [-0.15, -0.1) is 0 Å². The van der Waals surface area contributed by atoms with Crippen molar-refractivity contribution in [1.82, 2.24) is 19.7 Å². The van der Waals surface area contributed by atoms with Crippen LogP contribution in [-0.4, -0.2) is 68.6 Å². The van der Waals surface area contributed by atoms with E-state index in [1.165, 1.54) is 0 Å². The Bertz CT molecular complexity index is 1310. The number of aliphatic hydroxyl groups is 1. The third kappa shape index (κ3) is 5.31. The number of nitrogens with one attached hydrogen (secondary N) is 1. The van der Waals surface area contributed by atoms with Gasteiger partial charge in [-0.25, -0.2) is 4.98 Å². The quantitative estimate of drug-likeness (QED) is 0.510. The molecule has 2 aliphatic heterocycles. The number of alkyl halides is 3. The second kappa shape index (κ2) is 9.86. The van der Waals surface area contributed by atoms with E-state index in [4.69, 9.17) is 16.3 Å². The molecule has 2 unspecified atom stereocenters. The number of hydrogen-bond acceptors (Lipinski definition) is 6. The molecule has 1 amide bonds. The summed E-state index contributed by atoms with van der Waals surface area (Å²) >= 11 is 6.64. The molecule has 4 heterocycles. The Morgan fingerprint density at radius 1 is 1.27 bits per heavy atom. The maximum absolute atomic E-state index is 12.7. The highest BCUT2D eigenvalue weighted by molar-refractivity contribution is 6.32. The number of benzene rings is 1. The smallest absolute Gasteiger partial charge is 0.389 e.